The molecule has 88 valence electrons. The van der Waals surface area contributed by atoms with Gasteiger partial charge in [0.25, 0.3) is 0 Å². The molecule has 0 aliphatic rings. The molecule has 0 fully saturated rings. The Morgan fingerprint density at radius 1 is 1.47 bits per heavy atom. The number of thiazole rings is 1. The van der Waals surface area contributed by atoms with Crippen molar-refractivity contribution in [1.82, 2.24) is 4.98 Å². The van der Waals surface area contributed by atoms with Gasteiger partial charge in [-0.1, -0.05) is 18.2 Å². The Labute approximate surface area is 109 Å². The normalized spacial score (nSPS) is 10.3. The van der Waals surface area contributed by atoms with Crippen LogP contribution in [0, 0.1) is 5.82 Å². The minimum Gasteiger partial charge on any atom is -0.406 e. The van der Waals surface area contributed by atoms with E-state index in [1.165, 1.54) is 24.3 Å². The molecule has 2 rings (SSSR count). The van der Waals surface area contributed by atoms with Crippen LogP contribution in [0.2, 0.25) is 0 Å². The Morgan fingerprint density at radius 3 is 2.82 bits per heavy atom. The van der Waals surface area contributed by atoms with Gasteiger partial charge in [-0.25, -0.2) is 4.39 Å². The summed E-state index contributed by atoms with van der Waals surface area (Å²) >= 11 is 4.40. The third-order valence-corrected chi connectivity index (χ3v) is 3.45. The predicted molar refractivity (Wildman–Crippen MR) is 66.5 cm³/mol. The lowest BCUT2D eigenvalue weighted by atomic mass is 10.2. The van der Waals surface area contributed by atoms with Gasteiger partial charge in [0.15, 0.2) is 3.92 Å². The minimum absolute atomic E-state index is 0.125. The molecule has 0 N–H and O–H groups in total. The molecular formula is C11H7BrFNO2S. The van der Waals surface area contributed by atoms with Crippen LogP contribution >= 0.6 is 27.3 Å². The van der Waals surface area contributed by atoms with Crippen molar-refractivity contribution >= 4 is 33.2 Å². The van der Waals surface area contributed by atoms with Crippen molar-refractivity contribution in [3.63, 3.8) is 0 Å². The number of carbonyl (C=O) groups is 1. The monoisotopic (exact) mass is 315 g/mol. The van der Waals surface area contributed by atoms with Gasteiger partial charge in [-0.05, 0) is 22.0 Å². The standard InChI is InChI=1S/C11H7BrFNO2S/c1-6(15)16-10-9(17-11(12)14-10)7-4-2-3-5-8(7)13/h2-5H,1H3. The molecule has 0 radical (unpaired) electrons. The molecule has 0 aliphatic carbocycles. The average molecular weight is 316 g/mol. The Hall–Kier alpha value is -1.27. The molecule has 0 saturated heterocycles. The first-order valence-corrected chi connectivity index (χ1v) is 6.28. The molecule has 0 unspecified atom stereocenters. The molecule has 1 aromatic heterocycles. The van der Waals surface area contributed by atoms with E-state index in [0.717, 1.165) is 0 Å². The van der Waals surface area contributed by atoms with Crippen molar-refractivity contribution in [1.29, 1.82) is 0 Å². The number of aromatic nitrogens is 1. The Morgan fingerprint density at radius 2 is 2.18 bits per heavy atom. The van der Waals surface area contributed by atoms with Crippen molar-refractivity contribution < 1.29 is 13.9 Å². The fourth-order valence-electron chi connectivity index (χ4n) is 1.30. The van der Waals surface area contributed by atoms with Gasteiger partial charge in [0.1, 0.15) is 10.7 Å². The van der Waals surface area contributed by atoms with E-state index in [1.54, 1.807) is 18.2 Å². The van der Waals surface area contributed by atoms with Gasteiger partial charge in [-0.3, -0.25) is 4.79 Å². The maximum atomic E-state index is 13.6. The Balaban J connectivity index is 2.51. The summed E-state index contributed by atoms with van der Waals surface area (Å²) in [4.78, 5) is 15.4. The smallest absolute Gasteiger partial charge is 0.309 e. The van der Waals surface area contributed by atoms with Crippen LogP contribution in [0.15, 0.2) is 28.2 Å². The average Bonchev–Trinajstić information content (AvgIpc) is 2.59. The lowest BCUT2D eigenvalue weighted by Gasteiger charge is -2.02. The third-order valence-electron chi connectivity index (χ3n) is 1.93. The first-order chi connectivity index (χ1) is 8.08. The van der Waals surface area contributed by atoms with Crippen LogP contribution in [-0.4, -0.2) is 11.0 Å². The molecule has 0 aliphatic heterocycles. The summed E-state index contributed by atoms with van der Waals surface area (Å²) < 4.78 is 19.1. The zero-order chi connectivity index (χ0) is 12.4. The maximum absolute atomic E-state index is 13.6. The Bertz CT molecular complexity index is 570. The highest BCUT2D eigenvalue weighted by atomic mass is 79.9. The molecule has 17 heavy (non-hydrogen) atoms. The largest absolute Gasteiger partial charge is 0.406 e. The van der Waals surface area contributed by atoms with E-state index in [1.807, 2.05) is 0 Å². The summed E-state index contributed by atoms with van der Waals surface area (Å²) in [6.45, 7) is 1.28. The van der Waals surface area contributed by atoms with E-state index >= 15 is 0 Å². The molecule has 0 saturated carbocycles. The summed E-state index contributed by atoms with van der Waals surface area (Å²) in [6, 6.07) is 6.27. The summed E-state index contributed by atoms with van der Waals surface area (Å²) in [7, 11) is 0. The van der Waals surface area contributed by atoms with E-state index in [0.29, 0.717) is 14.4 Å². The fourth-order valence-corrected chi connectivity index (χ4v) is 2.70. The minimum atomic E-state index is -0.486. The maximum Gasteiger partial charge on any atom is 0.309 e. The van der Waals surface area contributed by atoms with Gasteiger partial charge in [0.05, 0.1) is 0 Å². The molecule has 2 aromatic rings. The molecule has 3 nitrogen and oxygen atoms in total. The fraction of sp³-hybridized carbons (Fsp3) is 0.0909. The molecule has 0 spiro atoms. The predicted octanol–water partition coefficient (Wildman–Crippen LogP) is 3.64. The van der Waals surface area contributed by atoms with Crippen LogP contribution in [-0.2, 0) is 4.79 Å². The van der Waals surface area contributed by atoms with E-state index in [2.05, 4.69) is 20.9 Å². The zero-order valence-electron chi connectivity index (χ0n) is 8.74. The number of carbonyl (C=O) groups excluding carboxylic acids is 1. The lowest BCUT2D eigenvalue weighted by molar-refractivity contribution is -0.132. The van der Waals surface area contributed by atoms with Crippen LogP contribution < -0.4 is 4.74 Å². The van der Waals surface area contributed by atoms with Crippen molar-refractivity contribution in [3.05, 3.63) is 34.0 Å². The number of nitrogens with zero attached hydrogens (tertiary/aromatic N) is 1. The quantitative estimate of drug-likeness (QED) is 0.794. The highest BCUT2D eigenvalue weighted by Crippen LogP contribution is 2.39. The first kappa shape index (κ1) is 12.2. The topological polar surface area (TPSA) is 39.2 Å². The van der Waals surface area contributed by atoms with Crippen LogP contribution in [0.1, 0.15) is 6.92 Å². The number of ether oxygens (including phenoxy) is 1. The van der Waals surface area contributed by atoms with Crippen LogP contribution in [0.3, 0.4) is 0 Å². The molecule has 0 amide bonds. The van der Waals surface area contributed by atoms with Crippen LogP contribution in [0.4, 0.5) is 4.39 Å². The molecule has 1 heterocycles. The van der Waals surface area contributed by atoms with E-state index in [4.69, 9.17) is 4.74 Å². The summed E-state index contributed by atoms with van der Waals surface area (Å²) in [5.74, 6) is -0.739. The third kappa shape index (κ3) is 2.70. The van der Waals surface area contributed by atoms with E-state index < -0.39 is 5.97 Å². The zero-order valence-corrected chi connectivity index (χ0v) is 11.1. The molecule has 0 bridgehead atoms. The number of rotatable bonds is 2. The van der Waals surface area contributed by atoms with Gasteiger partial charge in [-0.15, -0.1) is 11.3 Å². The van der Waals surface area contributed by atoms with Crippen molar-refractivity contribution in [2.24, 2.45) is 0 Å². The molecule has 1 aromatic carbocycles. The highest BCUT2D eigenvalue weighted by molar-refractivity contribution is 9.11. The second-order valence-electron chi connectivity index (χ2n) is 3.17. The number of hydrogen-bond acceptors (Lipinski definition) is 4. The number of halogens is 2. The summed E-state index contributed by atoms with van der Waals surface area (Å²) in [5.41, 5.74) is 0.368. The molecule has 6 heteroatoms. The van der Waals surface area contributed by atoms with Crippen LogP contribution in [0.5, 0.6) is 5.88 Å². The van der Waals surface area contributed by atoms with E-state index in [-0.39, 0.29) is 11.7 Å². The van der Waals surface area contributed by atoms with Gasteiger partial charge in [0, 0.05) is 12.5 Å². The molecule has 0 atom stereocenters. The van der Waals surface area contributed by atoms with Crippen molar-refractivity contribution in [2.45, 2.75) is 6.92 Å². The Kier molecular flexibility index (Phi) is 3.54. The number of benzene rings is 1. The second kappa shape index (κ2) is 4.93. The van der Waals surface area contributed by atoms with E-state index in [9.17, 15) is 9.18 Å². The van der Waals surface area contributed by atoms with Crippen LogP contribution in [0.25, 0.3) is 10.4 Å². The van der Waals surface area contributed by atoms with Gasteiger partial charge >= 0.3 is 5.97 Å². The SMILES string of the molecule is CC(=O)Oc1nc(Br)sc1-c1ccccc1F. The highest BCUT2D eigenvalue weighted by Gasteiger charge is 2.17. The van der Waals surface area contributed by atoms with Crippen molar-refractivity contribution in [2.75, 3.05) is 0 Å². The lowest BCUT2D eigenvalue weighted by Crippen LogP contribution is -2.02. The van der Waals surface area contributed by atoms with Gasteiger partial charge in [0.2, 0.25) is 5.88 Å². The van der Waals surface area contributed by atoms with Crippen molar-refractivity contribution in [3.8, 4) is 16.3 Å². The summed E-state index contributed by atoms with van der Waals surface area (Å²) in [6.07, 6.45) is 0. The molecular weight excluding hydrogens is 309 g/mol. The van der Waals surface area contributed by atoms with Gasteiger partial charge < -0.3 is 4.74 Å². The summed E-state index contributed by atoms with van der Waals surface area (Å²) in [5, 5.41) is 0. The second-order valence-corrected chi connectivity index (χ2v) is 5.45. The number of hydrogen-bond donors (Lipinski definition) is 0. The number of esters is 1. The first-order valence-electron chi connectivity index (χ1n) is 4.67. The van der Waals surface area contributed by atoms with Gasteiger partial charge in [-0.2, -0.15) is 4.98 Å².